The Morgan fingerprint density at radius 1 is 1.15 bits per heavy atom. The SMILES string of the molecule is CC(C)(C)OC(=O)N[C@H](C(=O)N1CC2[C@@H]([C@H]1C(=O)O)C2(C)C)C(C)(C)C. The second-order valence-corrected chi connectivity index (χ2v) is 10.2. The van der Waals surface area contributed by atoms with E-state index in [-0.39, 0.29) is 23.2 Å². The fourth-order valence-electron chi connectivity index (χ4n) is 4.04. The van der Waals surface area contributed by atoms with Gasteiger partial charge in [-0.2, -0.15) is 0 Å². The van der Waals surface area contributed by atoms with E-state index < -0.39 is 35.2 Å². The van der Waals surface area contributed by atoms with Crippen molar-refractivity contribution in [2.45, 2.75) is 73.1 Å². The van der Waals surface area contributed by atoms with Gasteiger partial charge in [-0.1, -0.05) is 34.6 Å². The number of ether oxygens (including phenoxy) is 1. The minimum absolute atomic E-state index is 0.0360. The lowest BCUT2D eigenvalue weighted by Crippen LogP contribution is -2.58. The highest BCUT2D eigenvalue weighted by molar-refractivity contribution is 5.91. The Morgan fingerprint density at radius 3 is 2.12 bits per heavy atom. The number of nitrogens with one attached hydrogen (secondary N) is 1. The Hall–Kier alpha value is -1.79. The first-order valence-electron chi connectivity index (χ1n) is 9.10. The Morgan fingerprint density at radius 2 is 1.69 bits per heavy atom. The van der Waals surface area contributed by atoms with Crippen LogP contribution in [0.5, 0.6) is 0 Å². The van der Waals surface area contributed by atoms with Crippen LogP contribution in [0.25, 0.3) is 0 Å². The Kier molecular flexibility index (Phi) is 4.84. The average molecular weight is 368 g/mol. The minimum atomic E-state index is -0.985. The highest BCUT2D eigenvalue weighted by Crippen LogP contribution is 2.65. The number of carboxylic acids is 1. The third-order valence-electron chi connectivity index (χ3n) is 5.52. The van der Waals surface area contributed by atoms with E-state index in [9.17, 15) is 19.5 Å². The van der Waals surface area contributed by atoms with Crippen LogP contribution >= 0.6 is 0 Å². The largest absolute Gasteiger partial charge is 0.480 e. The summed E-state index contributed by atoms with van der Waals surface area (Å²) in [5.74, 6) is -1.19. The molecule has 0 radical (unpaired) electrons. The monoisotopic (exact) mass is 368 g/mol. The summed E-state index contributed by atoms with van der Waals surface area (Å²) in [6.45, 7) is 15.2. The summed E-state index contributed by atoms with van der Waals surface area (Å²) in [4.78, 5) is 38.6. The molecule has 0 aromatic heterocycles. The number of alkyl carbamates (subject to hydrolysis) is 1. The number of likely N-dealkylation sites (tertiary alicyclic amines) is 1. The molecule has 1 saturated carbocycles. The van der Waals surface area contributed by atoms with Crippen molar-refractivity contribution in [2.24, 2.45) is 22.7 Å². The fraction of sp³-hybridized carbons (Fsp3) is 0.842. The third kappa shape index (κ3) is 3.81. The molecule has 2 aliphatic rings. The highest BCUT2D eigenvalue weighted by Gasteiger charge is 2.70. The maximum absolute atomic E-state index is 13.2. The van der Waals surface area contributed by atoms with E-state index >= 15 is 0 Å². The number of fused-ring (bicyclic) bond motifs is 1. The van der Waals surface area contributed by atoms with Crippen LogP contribution in [0, 0.1) is 22.7 Å². The normalized spacial score (nSPS) is 28.2. The van der Waals surface area contributed by atoms with E-state index in [2.05, 4.69) is 5.32 Å². The number of piperidine rings is 1. The molecule has 2 fully saturated rings. The molecule has 1 heterocycles. The van der Waals surface area contributed by atoms with Gasteiger partial charge in [-0.25, -0.2) is 9.59 Å². The van der Waals surface area contributed by atoms with E-state index in [1.54, 1.807) is 20.8 Å². The van der Waals surface area contributed by atoms with Gasteiger partial charge in [0.05, 0.1) is 0 Å². The lowest BCUT2D eigenvalue weighted by Gasteiger charge is -2.37. The van der Waals surface area contributed by atoms with Gasteiger partial charge in [-0.3, -0.25) is 4.79 Å². The van der Waals surface area contributed by atoms with Crippen molar-refractivity contribution in [3.8, 4) is 0 Å². The highest BCUT2D eigenvalue weighted by atomic mass is 16.6. The first-order valence-corrected chi connectivity index (χ1v) is 9.10. The predicted octanol–water partition coefficient (Wildman–Crippen LogP) is 2.49. The van der Waals surface area contributed by atoms with Crippen LogP contribution in [-0.2, 0) is 14.3 Å². The zero-order valence-corrected chi connectivity index (χ0v) is 17.0. The maximum atomic E-state index is 13.2. The summed E-state index contributed by atoms with van der Waals surface area (Å²) in [5.41, 5.74) is -1.33. The van der Waals surface area contributed by atoms with Gasteiger partial charge in [0.25, 0.3) is 0 Å². The number of rotatable bonds is 3. The number of amides is 2. The van der Waals surface area contributed by atoms with E-state index in [1.807, 2.05) is 34.6 Å². The van der Waals surface area contributed by atoms with Gasteiger partial charge in [-0.15, -0.1) is 0 Å². The molecule has 2 rings (SSSR count). The Labute approximate surface area is 155 Å². The molecule has 7 heteroatoms. The summed E-state index contributed by atoms with van der Waals surface area (Å²) < 4.78 is 5.28. The lowest BCUT2D eigenvalue weighted by atomic mass is 9.85. The number of hydrogen-bond acceptors (Lipinski definition) is 4. The molecule has 1 unspecified atom stereocenters. The van der Waals surface area contributed by atoms with Crippen molar-refractivity contribution >= 4 is 18.0 Å². The van der Waals surface area contributed by atoms with Crippen LogP contribution in [-0.4, -0.2) is 52.2 Å². The molecule has 4 atom stereocenters. The topological polar surface area (TPSA) is 95.9 Å². The van der Waals surface area contributed by atoms with Crippen LogP contribution < -0.4 is 5.32 Å². The van der Waals surface area contributed by atoms with Crippen LogP contribution in [0.3, 0.4) is 0 Å². The van der Waals surface area contributed by atoms with Crippen molar-refractivity contribution in [1.82, 2.24) is 10.2 Å². The summed E-state index contributed by atoms with van der Waals surface area (Å²) in [6.07, 6.45) is -0.678. The molecule has 0 bridgehead atoms. The fourth-order valence-corrected chi connectivity index (χ4v) is 4.04. The molecule has 0 aromatic rings. The summed E-state index contributed by atoms with van der Waals surface area (Å²) in [5, 5.41) is 12.3. The van der Waals surface area contributed by atoms with Crippen molar-refractivity contribution in [2.75, 3.05) is 6.54 Å². The molecular formula is C19H32N2O5. The van der Waals surface area contributed by atoms with Crippen molar-refractivity contribution in [1.29, 1.82) is 0 Å². The second-order valence-electron chi connectivity index (χ2n) is 10.2. The van der Waals surface area contributed by atoms with Gasteiger partial charge in [-0.05, 0) is 37.5 Å². The number of nitrogens with zero attached hydrogens (tertiary/aromatic N) is 1. The summed E-state index contributed by atoms with van der Waals surface area (Å²) in [7, 11) is 0. The Balaban J connectivity index is 2.20. The zero-order chi connectivity index (χ0) is 20.2. The molecule has 148 valence electrons. The van der Waals surface area contributed by atoms with Crippen LogP contribution in [0.1, 0.15) is 55.4 Å². The van der Waals surface area contributed by atoms with Crippen LogP contribution in [0.4, 0.5) is 4.79 Å². The molecule has 1 aliphatic heterocycles. The molecule has 0 spiro atoms. The molecule has 1 saturated heterocycles. The average Bonchev–Trinajstić information content (AvgIpc) is 2.81. The molecule has 7 nitrogen and oxygen atoms in total. The zero-order valence-electron chi connectivity index (χ0n) is 17.0. The quantitative estimate of drug-likeness (QED) is 0.798. The molecule has 0 aromatic carbocycles. The van der Waals surface area contributed by atoms with E-state index in [0.717, 1.165) is 0 Å². The standard InChI is InChI=1S/C19H32N2O5/c1-17(2,3)13(20-16(25)26-18(4,5)6)14(22)21-9-10-11(19(10,7)8)12(21)15(23)24/h10-13H,9H2,1-8H3,(H,20,25)(H,23,24)/t10?,11-,12-,13+/m0/s1. The third-order valence-corrected chi connectivity index (χ3v) is 5.52. The van der Waals surface area contributed by atoms with E-state index in [1.165, 1.54) is 4.90 Å². The number of carbonyl (C=O) groups excluding carboxylic acids is 2. The number of hydrogen-bond donors (Lipinski definition) is 2. The molecule has 1 aliphatic carbocycles. The smallest absolute Gasteiger partial charge is 0.408 e. The Bertz CT molecular complexity index is 614. The lowest BCUT2D eigenvalue weighted by molar-refractivity contribution is -0.152. The second kappa shape index (κ2) is 6.13. The van der Waals surface area contributed by atoms with Crippen LogP contribution in [0.2, 0.25) is 0 Å². The van der Waals surface area contributed by atoms with Gasteiger partial charge >= 0.3 is 12.1 Å². The molecule has 26 heavy (non-hydrogen) atoms. The van der Waals surface area contributed by atoms with Gasteiger partial charge in [0, 0.05) is 12.5 Å². The minimum Gasteiger partial charge on any atom is -0.480 e. The first kappa shape index (κ1) is 20.5. The van der Waals surface area contributed by atoms with Crippen molar-refractivity contribution < 1.29 is 24.2 Å². The van der Waals surface area contributed by atoms with Gasteiger partial charge in [0.2, 0.25) is 5.91 Å². The predicted molar refractivity (Wildman–Crippen MR) is 96.5 cm³/mol. The van der Waals surface area contributed by atoms with Gasteiger partial charge < -0.3 is 20.1 Å². The number of carboxylic acid groups (broad SMARTS) is 1. The van der Waals surface area contributed by atoms with Gasteiger partial charge in [0.15, 0.2) is 0 Å². The van der Waals surface area contributed by atoms with E-state index in [0.29, 0.717) is 6.54 Å². The van der Waals surface area contributed by atoms with Gasteiger partial charge in [0.1, 0.15) is 17.7 Å². The number of carbonyl (C=O) groups is 3. The molecule has 2 amide bonds. The van der Waals surface area contributed by atoms with Crippen molar-refractivity contribution in [3.63, 3.8) is 0 Å². The number of aliphatic carboxylic acids is 1. The van der Waals surface area contributed by atoms with Crippen LogP contribution in [0.15, 0.2) is 0 Å². The maximum Gasteiger partial charge on any atom is 0.408 e. The summed E-state index contributed by atoms with van der Waals surface area (Å²) >= 11 is 0. The van der Waals surface area contributed by atoms with Crippen molar-refractivity contribution in [3.05, 3.63) is 0 Å². The molecular weight excluding hydrogens is 336 g/mol. The van der Waals surface area contributed by atoms with E-state index in [4.69, 9.17) is 4.74 Å². The first-order chi connectivity index (χ1) is 11.6. The molecule has 2 N–H and O–H groups in total. The summed E-state index contributed by atoms with van der Waals surface area (Å²) in [6, 6.07) is -1.70.